The van der Waals surface area contributed by atoms with E-state index in [0.29, 0.717) is 13.0 Å². The number of carbonyl (C=O) groups is 2. The van der Waals surface area contributed by atoms with E-state index in [9.17, 15) is 19.8 Å². The van der Waals surface area contributed by atoms with Gasteiger partial charge in [0.2, 0.25) is 6.41 Å². The Labute approximate surface area is 131 Å². The minimum atomic E-state index is -1.06. The summed E-state index contributed by atoms with van der Waals surface area (Å²) in [6, 6.07) is -0.304. The average molecular weight is 310 g/mol. The number of aliphatic carboxylic acids is 1. The molecule has 0 aliphatic carbocycles. The maximum absolute atomic E-state index is 11.7. The van der Waals surface area contributed by atoms with Crippen LogP contribution in [-0.4, -0.2) is 64.2 Å². The fraction of sp³-hybridized carbons (Fsp3) is 0.750. The SMILES string of the molecule is CC(O)C(C)C1C(C)C(CN2CCCC2)=C(C(=O)O)N1C=O. The van der Waals surface area contributed by atoms with Gasteiger partial charge in [-0.05, 0) is 38.4 Å². The minimum absolute atomic E-state index is 0.0681. The standard InChI is InChI=1S/C16H26N2O4/c1-10(12(3)20)14-11(2)13(8-17-6-4-5-7-17)15(16(21)22)18(14)9-19/h9-12,14,20H,4-8H2,1-3H3,(H,21,22). The smallest absolute Gasteiger partial charge is 0.352 e. The van der Waals surface area contributed by atoms with Crippen LogP contribution in [0.1, 0.15) is 33.6 Å². The van der Waals surface area contributed by atoms with Gasteiger partial charge in [-0.2, -0.15) is 0 Å². The monoisotopic (exact) mass is 310 g/mol. The van der Waals surface area contributed by atoms with Gasteiger partial charge in [0.05, 0.1) is 6.10 Å². The Kier molecular flexibility index (Phi) is 5.24. The number of aliphatic hydroxyl groups is 1. The molecule has 2 heterocycles. The largest absolute Gasteiger partial charge is 0.477 e. The van der Waals surface area contributed by atoms with Crippen molar-refractivity contribution in [3.63, 3.8) is 0 Å². The van der Waals surface area contributed by atoms with Gasteiger partial charge in [-0.1, -0.05) is 13.8 Å². The molecule has 2 aliphatic heterocycles. The van der Waals surface area contributed by atoms with Crippen molar-refractivity contribution in [3.8, 4) is 0 Å². The lowest BCUT2D eigenvalue weighted by Gasteiger charge is -2.32. The van der Waals surface area contributed by atoms with Crippen LogP contribution in [0.25, 0.3) is 0 Å². The van der Waals surface area contributed by atoms with Crippen LogP contribution in [0.3, 0.4) is 0 Å². The van der Waals surface area contributed by atoms with Crippen molar-refractivity contribution in [2.45, 2.75) is 45.8 Å². The molecule has 0 aromatic rings. The highest BCUT2D eigenvalue weighted by molar-refractivity contribution is 5.91. The average Bonchev–Trinajstić information content (AvgIpc) is 3.05. The maximum atomic E-state index is 11.7. The normalized spacial score (nSPS) is 29.0. The Morgan fingerprint density at radius 1 is 1.36 bits per heavy atom. The maximum Gasteiger partial charge on any atom is 0.352 e. The molecule has 6 nitrogen and oxygen atoms in total. The number of carbonyl (C=O) groups excluding carboxylic acids is 1. The first-order valence-corrected chi connectivity index (χ1v) is 7.98. The molecule has 6 heteroatoms. The molecule has 1 fully saturated rings. The van der Waals surface area contributed by atoms with Crippen molar-refractivity contribution in [1.82, 2.24) is 9.80 Å². The molecule has 2 aliphatic rings. The number of hydrogen-bond donors (Lipinski definition) is 2. The van der Waals surface area contributed by atoms with Gasteiger partial charge in [0.15, 0.2) is 0 Å². The van der Waals surface area contributed by atoms with E-state index in [1.807, 2.05) is 13.8 Å². The lowest BCUT2D eigenvalue weighted by molar-refractivity contribution is -0.137. The van der Waals surface area contributed by atoms with Gasteiger partial charge in [-0.15, -0.1) is 0 Å². The molecule has 1 saturated heterocycles. The van der Waals surface area contributed by atoms with Crippen LogP contribution in [0.15, 0.2) is 11.3 Å². The zero-order valence-electron chi connectivity index (χ0n) is 13.5. The molecule has 0 aromatic carbocycles. The highest BCUT2D eigenvalue weighted by Gasteiger charge is 2.44. The molecule has 22 heavy (non-hydrogen) atoms. The van der Waals surface area contributed by atoms with Gasteiger partial charge in [-0.3, -0.25) is 9.69 Å². The quantitative estimate of drug-likeness (QED) is 0.713. The number of aliphatic hydroxyl groups excluding tert-OH is 1. The Balaban J connectivity index is 2.34. The molecule has 4 unspecified atom stereocenters. The zero-order chi connectivity index (χ0) is 16.4. The van der Waals surface area contributed by atoms with E-state index in [2.05, 4.69) is 4.90 Å². The summed E-state index contributed by atoms with van der Waals surface area (Å²) in [4.78, 5) is 26.8. The highest BCUT2D eigenvalue weighted by Crippen LogP contribution is 2.38. The van der Waals surface area contributed by atoms with E-state index in [-0.39, 0.29) is 23.6 Å². The Morgan fingerprint density at radius 3 is 2.41 bits per heavy atom. The number of likely N-dealkylation sites (tertiary alicyclic amines) is 1. The second-order valence-electron chi connectivity index (χ2n) is 6.55. The summed E-state index contributed by atoms with van der Waals surface area (Å²) >= 11 is 0. The molecule has 4 atom stereocenters. The van der Waals surface area contributed by atoms with Crippen LogP contribution in [-0.2, 0) is 9.59 Å². The topological polar surface area (TPSA) is 81.1 Å². The van der Waals surface area contributed by atoms with Crippen molar-refractivity contribution < 1.29 is 19.8 Å². The van der Waals surface area contributed by atoms with Gasteiger partial charge in [-0.25, -0.2) is 4.79 Å². The van der Waals surface area contributed by atoms with Crippen LogP contribution >= 0.6 is 0 Å². The van der Waals surface area contributed by atoms with E-state index in [0.717, 1.165) is 31.5 Å². The molecule has 0 aromatic heterocycles. The predicted octanol–water partition coefficient (Wildman–Crippen LogP) is 0.914. The minimum Gasteiger partial charge on any atom is -0.477 e. The highest BCUT2D eigenvalue weighted by atomic mass is 16.4. The Bertz CT molecular complexity index is 469. The molecule has 0 spiro atoms. The first kappa shape index (κ1) is 17.0. The van der Waals surface area contributed by atoms with Crippen molar-refractivity contribution in [2.75, 3.05) is 19.6 Å². The lowest BCUT2D eigenvalue weighted by atomic mass is 9.85. The molecule has 0 bridgehead atoms. The molecular weight excluding hydrogens is 284 g/mol. The zero-order valence-corrected chi connectivity index (χ0v) is 13.5. The van der Waals surface area contributed by atoms with Crippen LogP contribution < -0.4 is 0 Å². The summed E-state index contributed by atoms with van der Waals surface area (Å²) in [6.45, 7) is 8.04. The van der Waals surface area contributed by atoms with Crippen LogP contribution in [0, 0.1) is 11.8 Å². The summed E-state index contributed by atoms with van der Waals surface area (Å²) in [7, 11) is 0. The number of carboxylic acids is 1. The lowest BCUT2D eigenvalue weighted by Crippen LogP contribution is -2.42. The predicted molar refractivity (Wildman–Crippen MR) is 82.0 cm³/mol. The van der Waals surface area contributed by atoms with Gasteiger partial charge >= 0.3 is 5.97 Å². The molecule has 2 N–H and O–H groups in total. The van der Waals surface area contributed by atoms with Crippen LogP contribution in [0.4, 0.5) is 0 Å². The van der Waals surface area contributed by atoms with E-state index in [1.165, 1.54) is 4.90 Å². The first-order valence-electron chi connectivity index (χ1n) is 7.98. The number of rotatable bonds is 6. The van der Waals surface area contributed by atoms with Gasteiger partial charge in [0.1, 0.15) is 5.70 Å². The van der Waals surface area contributed by atoms with E-state index in [4.69, 9.17) is 0 Å². The van der Waals surface area contributed by atoms with Gasteiger partial charge < -0.3 is 15.1 Å². The van der Waals surface area contributed by atoms with E-state index < -0.39 is 12.1 Å². The third-order valence-electron chi connectivity index (χ3n) is 5.15. The summed E-state index contributed by atoms with van der Waals surface area (Å²) in [5.41, 5.74) is 0.908. The molecule has 0 radical (unpaired) electrons. The first-order chi connectivity index (χ1) is 10.4. The van der Waals surface area contributed by atoms with Crippen molar-refractivity contribution in [3.05, 3.63) is 11.3 Å². The third-order valence-corrected chi connectivity index (χ3v) is 5.15. The number of carboxylic acid groups (broad SMARTS) is 1. The van der Waals surface area contributed by atoms with Crippen LogP contribution in [0.5, 0.6) is 0 Å². The van der Waals surface area contributed by atoms with Crippen molar-refractivity contribution >= 4 is 12.4 Å². The second-order valence-corrected chi connectivity index (χ2v) is 6.55. The molecular formula is C16H26N2O4. The fourth-order valence-corrected chi connectivity index (χ4v) is 3.74. The summed E-state index contributed by atoms with van der Waals surface area (Å²) < 4.78 is 0. The molecule has 0 saturated carbocycles. The Hall–Kier alpha value is -1.40. The molecule has 2 rings (SSSR count). The molecule has 1 amide bonds. The van der Waals surface area contributed by atoms with E-state index in [1.54, 1.807) is 6.92 Å². The van der Waals surface area contributed by atoms with Crippen LogP contribution in [0.2, 0.25) is 0 Å². The summed E-state index contributed by atoms with van der Waals surface area (Å²) in [5.74, 6) is -1.32. The number of nitrogens with zero attached hydrogens (tertiary/aromatic N) is 2. The van der Waals surface area contributed by atoms with Gasteiger partial charge in [0, 0.05) is 24.4 Å². The van der Waals surface area contributed by atoms with Gasteiger partial charge in [0.25, 0.3) is 0 Å². The summed E-state index contributed by atoms with van der Waals surface area (Å²) in [5, 5.41) is 19.5. The number of hydrogen-bond acceptors (Lipinski definition) is 4. The van der Waals surface area contributed by atoms with Crippen molar-refractivity contribution in [1.29, 1.82) is 0 Å². The van der Waals surface area contributed by atoms with E-state index >= 15 is 0 Å². The third kappa shape index (κ3) is 3.03. The summed E-state index contributed by atoms with van der Waals surface area (Å²) in [6.07, 6.45) is 2.26. The van der Waals surface area contributed by atoms with Crippen molar-refractivity contribution in [2.24, 2.45) is 11.8 Å². The fourth-order valence-electron chi connectivity index (χ4n) is 3.74. The molecule has 124 valence electrons. The Morgan fingerprint density at radius 2 is 1.95 bits per heavy atom. The second kappa shape index (κ2) is 6.79. The number of amides is 1.